The second-order valence-corrected chi connectivity index (χ2v) is 5.50. The number of benzene rings is 1. The monoisotopic (exact) mass is 286 g/mol. The number of fused-ring (bicyclic) bond motifs is 1. The van der Waals surface area contributed by atoms with Crippen LogP contribution in [-0.2, 0) is 0 Å². The molecule has 5 heteroatoms. The van der Waals surface area contributed by atoms with Crippen LogP contribution in [-0.4, -0.2) is 54.9 Å². The van der Waals surface area contributed by atoms with Crippen molar-refractivity contribution in [2.75, 3.05) is 40.0 Å². The number of carbonyl (C=O) groups is 1. The standard InChI is InChI=1S/C16H22N4O/c1-19(2)9-6-10-20(3)16(21)15-11-13(17)12-7-4-5-8-14(12)18-15/h4-5,7-8,11H,6,9-10H2,1-3H3,(H2,17,18). The van der Waals surface area contributed by atoms with E-state index in [1.54, 1.807) is 18.0 Å². The van der Waals surface area contributed by atoms with Crippen molar-refractivity contribution >= 4 is 22.5 Å². The van der Waals surface area contributed by atoms with Gasteiger partial charge in [-0.3, -0.25) is 4.79 Å². The van der Waals surface area contributed by atoms with E-state index in [2.05, 4.69) is 9.88 Å². The summed E-state index contributed by atoms with van der Waals surface area (Å²) in [7, 11) is 5.84. The number of amides is 1. The first kappa shape index (κ1) is 15.3. The molecule has 0 saturated carbocycles. The summed E-state index contributed by atoms with van der Waals surface area (Å²) in [6, 6.07) is 9.24. The molecular formula is C16H22N4O. The molecule has 1 aromatic heterocycles. The maximum atomic E-state index is 12.4. The van der Waals surface area contributed by atoms with Gasteiger partial charge in [0.1, 0.15) is 5.69 Å². The minimum absolute atomic E-state index is 0.0915. The van der Waals surface area contributed by atoms with Crippen LogP contribution in [0, 0.1) is 0 Å². The summed E-state index contributed by atoms with van der Waals surface area (Å²) in [5.41, 5.74) is 7.76. The van der Waals surface area contributed by atoms with Crippen LogP contribution in [0.25, 0.3) is 10.9 Å². The summed E-state index contributed by atoms with van der Waals surface area (Å²) in [5, 5.41) is 0.879. The Morgan fingerprint density at radius 2 is 1.90 bits per heavy atom. The van der Waals surface area contributed by atoms with Gasteiger partial charge in [-0.15, -0.1) is 0 Å². The fraction of sp³-hybridized carbons (Fsp3) is 0.375. The van der Waals surface area contributed by atoms with Crippen LogP contribution in [0.5, 0.6) is 0 Å². The fourth-order valence-corrected chi connectivity index (χ4v) is 2.23. The van der Waals surface area contributed by atoms with Gasteiger partial charge in [-0.1, -0.05) is 18.2 Å². The van der Waals surface area contributed by atoms with E-state index in [-0.39, 0.29) is 5.91 Å². The zero-order valence-electron chi connectivity index (χ0n) is 12.8. The van der Waals surface area contributed by atoms with Gasteiger partial charge in [0.25, 0.3) is 5.91 Å². The van der Waals surface area contributed by atoms with Crippen LogP contribution < -0.4 is 5.73 Å². The Balaban J connectivity index is 2.15. The summed E-state index contributed by atoms with van der Waals surface area (Å²) in [6.45, 7) is 1.65. The smallest absolute Gasteiger partial charge is 0.272 e. The first-order valence-corrected chi connectivity index (χ1v) is 7.04. The van der Waals surface area contributed by atoms with Gasteiger partial charge in [0, 0.05) is 24.7 Å². The average molecular weight is 286 g/mol. The van der Waals surface area contributed by atoms with Gasteiger partial charge in [-0.05, 0) is 39.2 Å². The summed E-state index contributed by atoms with van der Waals surface area (Å²) in [5.74, 6) is -0.0915. The van der Waals surface area contributed by atoms with Crippen LogP contribution in [0.4, 0.5) is 5.69 Å². The van der Waals surface area contributed by atoms with Crippen LogP contribution in [0.3, 0.4) is 0 Å². The highest BCUT2D eigenvalue weighted by Crippen LogP contribution is 2.20. The minimum atomic E-state index is -0.0915. The second kappa shape index (κ2) is 6.54. The quantitative estimate of drug-likeness (QED) is 0.911. The van der Waals surface area contributed by atoms with E-state index in [4.69, 9.17) is 5.73 Å². The van der Waals surface area contributed by atoms with E-state index >= 15 is 0 Å². The van der Waals surface area contributed by atoms with Gasteiger partial charge < -0.3 is 15.5 Å². The van der Waals surface area contributed by atoms with Crippen LogP contribution in [0.1, 0.15) is 16.9 Å². The SMILES string of the molecule is CN(C)CCCN(C)C(=O)c1cc(N)c2ccccc2n1. The predicted octanol–water partition coefficient (Wildman–Crippen LogP) is 1.84. The molecule has 0 aliphatic heterocycles. The number of rotatable bonds is 5. The molecule has 1 heterocycles. The Kier molecular flexibility index (Phi) is 4.75. The number of nitrogens with zero attached hydrogens (tertiary/aromatic N) is 3. The fourth-order valence-electron chi connectivity index (χ4n) is 2.23. The highest BCUT2D eigenvalue weighted by Gasteiger charge is 2.15. The van der Waals surface area contributed by atoms with Crippen molar-refractivity contribution in [1.82, 2.24) is 14.8 Å². The van der Waals surface area contributed by atoms with Crippen molar-refractivity contribution in [3.05, 3.63) is 36.0 Å². The summed E-state index contributed by atoms with van der Waals surface area (Å²) in [6.07, 6.45) is 0.929. The Bertz CT molecular complexity index is 639. The number of para-hydroxylation sites is 1. The molecule has 0 unspecified atom stereocenters. The van der Waals surface area contributed by atoms with Crippen molar-refractivity contribution in [2.24, 2.45) is 0 Å². The lowest BCUT2D eigenvalue weighted by molar-refractivity contribution is 0.0785. The molecule has 0 saturated heterocycles. The van der Waals surface area contributed by atoms with E-state index < -0.39 is 0 Å². The van der Waals surface area contributed by atoms with Crippen molar-refractivity contribution < 1.29 is 4.79 Å². The van der Waals surface area contributed by atoms with Gasteiger partial charge in [-0.25, -0.2) is 4.98 Å². The molecule has 0 radical (unpaired) electrons. The van der Waals surface area contributed by atoms with E-state index in [1.807, 2.05) is 38.4 Å². The van der Waals surface area contributed by atoms with Crippen LogP contribution >= 0.6 is 0 Å². The second-order valence-electron chi connectivity index (χ2n) is 5.50. The van der Waals surface area contributed by atoms with Gasteiger partial charge in [0.05, 0.1) is 5.52 Å². The largest absolute Gasteiger partial charge is 0.398 e. The van der Waals surface area contributed by atoms with Crippen molar-refractivity contribution in [3.63, 3.8) is 0 Å². The summed E-state index contributed by atoms with van der Waals surface area (Å²) < 4.78 is 0. The van der Waals surface area contributed by atoms with E-state index in [1.165, 1.54) is 0 Å². The molecule has 2 rings (SSSR count). The third-order valence-electron chi connectivity index (χ3n) is 3.41. The first-order chi connectivity index (χ1) is 9.99. The number of hydrogen-bond donors (Lipinski definition) is 1. The highest BCUT2D eigenvalue weighted by atomic mass is 16.2. The molecule has 1 amide bonds. The molecule has 0 aliphatic carbocycles. The number of nitrogens with two attached hydrogens (primary N) is 1. The van der Waals surface area contributed by atoms with Gasteiger partial charge in [0.2, 0.25) is 0 Å². The van der Waals surface area contributed by atoms with Gasteiger partial charge in [0.15, 0.2) is 0 Å². The van der Waals surface area contributed by atoms with Crippen molar-refractivity contribution in [3.8, 4) is 0 Å². The van der Waals surface area contributed by atoms with E-state index in [0.29, 0.717) is 17.9 Å². The Hall–Kier alpha value is -2.14. The molecule has 2 N–H and O–H groups in total. The molecular weight excluding hydrogens is 264 g/mol. The molecule has 21 heavy (non-hydrogen) atoms. The Morgan fingerprint density at radius 1 is 1.19 bits per heavy atom. The van der Waals surface area contributed by atoms with Crippen molar-refractivity contribution in [1.29, 1.82) is 0 Å². The Morgan fingerprint density at radius 3 is 2.62 bits per heavy atom. The van der Waals surface area contributed by atoms with Crippen molar-refractivity contribution in [2.45, 2.75) is 6.42 Å². The molecule has 0 atom stereocenters. The van der Waals surface area contributed by atoms with E-state index in [0.717, 1.165) is 23.9 Å². The number of carbonyl (C=O) groups excluding carboxylic acids is 1. The third kappa shape index (κ3) is 3.70. The average Bonchev–Trinajstić information content (AvgIpc) is 2.46. The van der Waals surface area contributed by atoms with Gasteiger partial charge >= 0.3 is 0 Å². The van der Waals surface area contributed by atoms with Crippen LogP contribution in [0.15, 0.2) is 30.3 Å². The number of aromatic nitrogens is 1. The van der Waals surface area contributed by atoms with E-state index in [9.17, 15) is 4.79 Å². The number of pyridine rings is 1. The van der Waals surface area contributed by atoms with Crippen LogP contribution in [0.2, 0.25) is 0 Å². The topological polar surface area (TPSA) is 62.5 Å². The predicted molar refractivity (Wildman–Crippen MR) is 86.3 cm³/mol. The summed E-state index contributed by atoms with van der Waals surface area (Å²) in [4.78, 5) is 20.6. The molecule has 0 fully saturated rings. The minimum Gasteiger partial charge on any atom is -0.398 e. The zero-order valence-corrected chi connectivity index (χ0v) is 12.8. The number of anilines is 1. The molecule has 2 aromatic rings. The maximum Gasteiger partial charge on any atom is 0.272 e. The molecule has 0 bridgehead atoms. The molecule has 5 nitrogen and oxygen atoms in total. The molecule has 1 aromatic carbocycles. The van der Waals surface area contributed by atoms with Gasteiger partial charge in [-0.2, -0.15) is 0 Å². The molecule has 0 aliphatic rings. The third-order valence-corrected chi connectivity index (χ3v) is 3.41. The number of nitrogen functional groups attached to an aromatic ring is 1. The lowest BCUT2D eigenvalue weighted by Crippen LogP contribution is -2.30. The number of hydrogen-bond acceptors (Lipinski definition) is 4. The maximum absolute atomic E-state index is 12.4. The summed E-state index contributed by atoms with van der Waals surface area (Å²) >= 11 is 0. The lowest BCUT2D eigenvalue weighted by atomic mass is 10.1. The lowest BCUT2D eigenvalue weighted by Gasteiger charge is -2.18. The zero-order chi connectivity index (χ0) is 15.4. The molecule has 112 valence electrons. The Labute approximate surface area is 125 Å². The molecule has 0 spiro atoms. The highest BCUT2D eigenvalue weighted by molar-refractivity contribution is 5.99. The first-order valence-electron chi connectivity index (χ1n) is 7.04. The normalized spacial score (nSPS) is 11.0.